The Morgan fingerprint density at radius 3 is 2.50 bits per heavy atom. The van der Waals surface area contributed by atoms with E-state index in [1.807, 2.05) is 37.3 Å². The summed E-state index contributed by atoms with van der Waals surface area (Å²) >= 11 is 0. The first-order valence-electron chi connectivity index (χ1n) is 7.49. The van der Waals surface area contributed by atoms with Gasteiger partial charge in [-0.15, -0.1) is 4.68 Å². The van der Waals surface area contributed by atoms with Gasteiger partial charge in [-0.2, -0.15) is 5.26 Å². The first kappa shape index (κ1) is 17.0. The highest BCUT2D eigenvalue weighted by Crippen LogP contribution is 2.15. The molecular weight excluding hydrogens is 304 g/mol. The highest BCUT2D eigenvalue weighted by Gasteiger charge is 2.12. The molecule has 122 valence electrons. The van der Waals surface area contributed by atoms with Crippen molar-refractivity contribution in [2.75, 3.05) is 6.54 Å². The second-order valence-corrected chi connectivity index (χ2v) is 5.19. The lowest BCUT2D eigenvalue weighted by Crippen LogP contribution is -2.34. The lowest BCUT2D eigenvalue weighted by molar-refractivity contribution is -0.512. The molecule has 0 fully saturated rings. The molecule has 0 aromatic heterocycles. The maximum atomic E-state index is 10.7. The Kier molecular flexibility index (Phi) is 5.92. The minimum Gasteiger partial charge on any atom is -0.478 e. The van der Waals surface area contributed by atoms with Crippen LogP contribution in [0.4, 0.5) is 5.69 Å². The summed E-state index contributed by atoms with van der Waals surface area (Å²) in [5.41, 5.74) is 5.75. The Balaban J connectivity index is 2.21. The van der Waals surface area contributed by atoms with Crippen molar-refractivity contribution in [2.45, 2.75) is 13.0 Å². The number of hydrogen-bond donors (Lipinski definition) is 3. The lowest BCUT2D eigenvalue weighted by atomic mass is 10.1. The van der Waals surface area contributed by atoms with E-state index < -0.39 is 5.97 Å². The molecule has 0 amide bonds. The van der Waals surface area contributed by atoms with Gasteiger partial charge in [-0.05, 0) is 36.8 Å². The van der Waals surface area contributed by atoms with Crippen LogP contribution in [0.25, 0.3) is 0 Å². The molecule has 24 heavy (non-hydrogen) atoms. The van der Waals surface area contributed by atoms with E-state index in [9.17, 15) is 4.79 Å². The standard InChI is InChI=1S/C18H18N4O2/c1-14(16-5-3-2-4-6-16)21-22(13-20-12-18(23)24)17-9-7-15(11-19)8-10-17/h2-10,13-14,21H,12H2,1H3,(H,23,24)/p+1/t14-/m0/s1. The average Bonchev–Trinajstić information content (AvgIpc) is 2.61. The summed E-state index contributed by atoms with van der Waals surface area (Å²) in [4.78, 5) is 10.7. The average molecular weight is 323 g/mol. The third-order valence-corrected chi connectivity index (χ3v) is 3.38. The fraction of sp³-hybridized carbons (Fsp3) is 0.167. The molecule has 2 aromatic carbocycles. The lowest BCUT2D eigenvalue weighted by Gasteiger charge is -2.16. The summed E-state index contributed by atoms with van der Waals surface area (Å²) < 4.78 is 1.71. The minimum atomic E-state index is -0.942. The number of carboxylic acids is 1. The van der Waals surface area contributed by atoms with Crippen molar-refractivity contribution >= 4 is 18.0 Å². The molecule has 3 N–H and O–H groups in total. The Hall–Kier alpha value is -3.33. The fourth-order valence-electron chi connectivity index (χ4n) is 2.13. The van der Waals surface area contributed by atoms with Gasteiger partial charge in [0.2, 0.25) is 0 Å². The zero-order valence-electron chi connectivity index (χ0n) is 13.3. The van der Waals surface area contributed by atoms with Crippen molar-refractivity contribution in [3.63, 3.8) is 0 Å². The summed E-state index contributed by atoms with van der Waals surface area (Å²) in [6, 6.07) is 19.0. The third-order valence-electron chi connectivity index (χ3n) is 3.38. The molecule has 0 spiro atoms. The maximum Gasteiger partial charge on any atom is 0.345 e. The zero-order chi connectivity index (χ0) is 17.4. The molecule has 0 saturated heterocycles. The van der Waals surface area contributed by atoms with Crippen LogP contribution >= 0.6 is 0 Å². The van der Waals surface area contributed by atoms with E-state index in [2.05, 4.69) is 16.8 Å². The highest BCUT2D eigenvalue weighted by molar-refractivity contribution is 5.72. The first-order chi connectivity index (χ1) is 11.6. The van der Waals surface area contributed by atoms with Gasteiger partial charge in [-0.1, -0.05) is 30.3 Å². The van der Waals surface area contributed by atoms with Gasteiger partial charge in [0, 0.05) is 0 Å². The quantitative estimate of drug-likeness (QED) is 0.314. The molecular formula is C18H19N4O2+. The molecule has 1 atom stereocenters. The molecule has 0 bridgehead atoms. The summed E-state index contributed by atoms with van der Waals surface area (Å²) in [6.07, 6.45) is 1.56. The van der Waals surface area contributed by atoms with Crippen LogP contribution in [0.5, 0.6) is 0 Å². The number of carboxylic acid groups (broad SMARTS) is 1. The van der Waals surface area contributed by atoms with Crippen LogP contribution in [0.1, 0.15) is 24.1 Å². The van der Waals surface area contributed by atoms with E-state index in [0.717, 1.165) is 11.3 Å². The van der Waals surface area contributed by atoms with E-state index in [4.69, 9.17) is 10.4 Å². The van der Waals surface area contributed by atoms with Gasteiger partial charge in [0.15, 0.2) is 12.2 Å². The Bertz CT molecular complexity index is 749. The van der Waals surface area contributed by atoms with Crippen LogP contribution in [-0.4, -0.2) is 28.6 Å². The van der Waals surface area contributed by atoms with Crippen LogP contribution in [0.2, 0.25) is 0 Å². The van der Waals surface area contributed by atoms with Crippen LogP contribution in [-0.2, 0) is 4.79 Å². The van der Waals surface area contributed by atoms with Crippen molar-refractivity contribution in [1.82, 2.24) is 10.7 Å². The smallest absolute Gasteiger partial charge is 0.345 e. The minimum absolute atomic E-state index is 0.00437. The summed E-state index contributed by atoms with van der Waals surface area (Å²) in [5.74, 6) is -0.942. The largest absolute Gasteiger partial charge is 0.478 e. The number of hydrogen-bond acceptors (Lipinski definition) is 3. The number of hydrazine groups is 1. The highest BCUT2D eigenvalue weighted by atomic mass is 16.4. The second-order valence-electron chi connectivity index (χ2n) is 5.19. The van der Waals surface area contributed by atoms with Gasteiger partial charge in [0.25, 0.3) is 6.34 Å². The van der Waals surface area contributed by atoms with Gasteiger partial charge in [0.05, 0.1) is 17.7 Å². The number of hydrazone groups is 1. The first-order valence-corrected chi connectivity index (χ1v) is 7.49. The molecule has 0 radical (unpaired) electrons. The topological polar surface area (TPSA) is 88.2 Å². The third kappa shape index (κ3) is 4.85. The van der Waals surface area contributed by atoms with Crippen LogP contribution < -0.4 is 10.7 Å². The fourth-order valence-corrected chi connectivity index (χ4v) is 2.13. The van der Waals surface area contributed by atoms with Crippen molar-refractivity contribution in [1.29, 1.82) is 5.26 Å². The Labute approximate surface area is 140 Å². The molecule has 0 aliphatic rings. The number of nitriles is 1. The van der Waals surface area contributed by atoms with Gasteiger partial charge < -0.3 is 5.11 Å². The number of rotatable bonds is 7. The maximum absolute atomic E-state index is 10.7. The van der Waals surface area contributed by atoms with Crippen molar-refractivity contribution < 1.29 is 14.6 Å². The number of aliphatic carboxylic acids is 1. The molecule has 2 rings (SSSR count). The molecule has 2 aromatic rings. The van der Waals surface area contributed by atoms with E-state index in [0.29, 0.717) is 5.56 Å². The molecule has 0 aliphatic heterocycles. The molecule has 0 unspecified atom stereocenters. The summed E-state index contributed by atoms with van der Waals surface area (Å²) in [5, 5.41) is 20.4. The molecule has 6 heteroatoms. The van der Waals surface area contributed by atoms with Crippen LogP contribution in [0.15, 0.2) is 54.6 Å². The second kappa shape index (κ2) is 8.34. The van der Waals surface area contributed by atoms with Crippen LogP contribution in [0, 0.1) is 11.3 Å². The number of benzene rings is 2. The van der Waals surface area contributed by atoms with Crippen molar-refractivity contribution in [3.05, 3.63) is 65.7 Å². The van der Waals surface area contributed by atoms with E-state index >= 15 is 0 Å². The zero-order valence-corrected chi connectivity index (χ0v) is 13.3. The van der Waals surface area contributed by atoms with E-state index in [-0.39, 0.29) is 12.6 Å². The van der Waals surface area contributed by atoms with Crippen molar-refractivity contribution in [3.8, 4) is 6.07 Å². The SMILES string of the molecule is C[C@H](N[N+](=CNCC(=O)O)c1ccc(C#N)cc1)c1ccccc1. The van der Waals surface area contributed by atoms with E-state index in [1.54, 1.807) is 35.3 Å². The normalized spacial score (nSPS) is 12.1. The number of carbonyl (C=O) groups is 1. The van der Waals surface area contributed by atoms with Crippen molar-refractivity contribution in [2.24, 2.45) is 0 Å². The predicted molar refractivity (Wildman–Crippen MR) is 90.8 cm³/mol. The molecule has 0 saturated carbocycles. The number of nitrogens with one attached hydrogen (secondary N) is 2. The molecule has 6 nitrogen and oxygen atoms in total. The summed E-state index contributed by atoms with van der Waals surface area (Å²) in [6.45, 7) is 1.82. The van der Waals surface area contributed by atoms with Gasteiger partial charge in [-0.3, -0.25) is 5.32 Å². The number of nitrogens with zero attached hydrogens (tertiary/aromatic N) is 2. The monoisotopic (exact) mass is 323 g/mol. The van der Waals surface area contributed by atoms with Crippen LogP contribution in [0.3, 0.4) is 0 Å². The van der Waals surface area contributed by atoms with E-state index in [1.165, 1.54) is 0 Å². The van der Waals surface area contributed by atoms with Gasteiger partial charge >= 0.3 is 5.97 Å². The Morgan fingerprint density at radius 1 is 1.25 bits per heavy atom. The molecule has 0 aliphatic carbocycles. The van der Waals surface area contributed by atoms with Gasteiger partial charge in [-0.25, -0.2) is 10.2 Å². The summed E-state index contributed by atoms with van der Waals surface area (Å²) in [7, 11) is 0. The molecule has 0 heterocycles. The van der Waals surface area contributed by atoms with Gasteiger partial charge in [0.1, 0.15) is 0 Å². The predicted octanol–water partition coefficient (Wildman–Crippen LogP) is 2.17. The Morgan fingerprint density at radius 2 is 1.92 bits per heavy atom.